The van der Waals surface area contributed by atoms with E-state index < -0.39 is 0 Å². The first kappa shape index (κ1) is 13.4. The van der Waals surface area contributed by atoms with Crippen molar-refractivity contribution in [2.45, 2.75) is 12.8 Å². The second-order valence-electron chi connectivity index (χ2n) is 4.99. The van der Waals surface area contributed by atoms with E-state index in [0.717, 1.165) is 18.1 Å². The number of hydrogen-bond acceptors (Lipinski definition) is 2. The van der Waals surface area contributed by atoms with Crippen molar-refractivity contribution in [2.75, 3.05) is 11.9 Å². The SMILES string of the molecule is CCNc1cc(C(c2ccccc2)c2ccccc2)[nH]n1. The van der Waals surface area contributed by atoms with Crippen molar-refractivity contribution in [3.05, 3.63) is 83.6 Å². The van der Waals surface area contributed by atoms with Crippen LogP contribution >= 0.6 is 0 Å². The van der Waals surface area contributed by atoms with Crippen LogP contribution in [0.5, 0.6) is 0 Å². The van der Waals surface area contributed by atoms with E-state index in [-0.39, 0.29) is 5.92 Å². The van der Waals surface area contributed by atoms with E-state index in [0.29, 0.717) is 0 Å². The van der Waals surface area contributed by atoms with Crippen molar-refractivity contribution in [3.63, 3.8) is 0 Å². The van der Waals surface area contributed by atoms with Crippen LogP contribution in [-0.2, 0) is 0 Å². The van der Waals surface area contributed by atoms with Gasteiger partial charge in [0.2, 0.25) is 0 Å². The largest absolute Gasteiger partial charge is 0.369 e. The van der Waals surface area contributed by atoms with E-state index in [9.17, 15) is 0 Å². The van der Waals surface area contributed by atoms with Crippen molar-refractivity contribution < 1.29 is 0 Å². The van der Waals surface area contributed by atoms with Crippen molar-refractivity contribution in [3.8, 4) is 0 Å². The van der Waals surface area contributed by atoms with Crippen molar-refractivity contribution >= 4 is 5.82 Å². The molecule has 3 heteroatoms. The van der Waals surface area contributed by atoms with Gasteiger partial charge in [-0.2, -0.15) is 5.10 Å². The van der Waals surface area contributed by atoms with Crippen LogP contribution in [0.4, 0.5) is 5.82 Å². The van der Waals surface area contributed by atoms with Crippen LogP contribution in [0.1, 0.15) is 29.7 Å². The fourth-order valence-corrected chi connectivity index (χ4v) is 2.60. The van der Waals surface area contributed by atoms with Crippen LogP contribution in [0, 0.1) is 0 Å². The molecule has 0 radical (unpaired) electrons. The molecule has 3 rings (SSSR count). The first-order valence-electron chi connectivity index (χ1n) is 7.27. The number of hydrogen-bond donors (Lipinski definition) is 2. The number of nitrogens with zero attached hydrogens (tertiary/aromatic N) is 1. The van der Waals surface area contributed by atoms with Gasteiger partial charge in [0, 0.05) is 18.3 Å². The van der Waals surface area contributed by atoms with E-state index in [4.69, 9.17) is 0 Å². The quantitative estimate of drug-likeness (QED) is 0.739. The summed E-state index contributed by atoms with van der Waals surface area (Å²) in [4.78, 5) is 0. The summed E-state index contributed by atoms with van der Waals surface area (Å²) in [5.41, 5.74) is 3.62. The van der Waals surface area contributed by atoms with Gasteiger partial charge in [-0.15, -0.1) is 0 Å². The average Bonchev–Trinajstić information content (AvgIpc) is 2.98. The lowest BCUT2D eigenvalue weighted by Gasteiger charge is -2.16. The summed E-state index contributed by atoms with van der Waals surface area (Å²) < 4.78 is 0. The molecule has 0 spiro atoms. The van der Waals surface area contributed by atoms with Crippen LogP contribution in [0.3, 0.4) is 0 Å². The molecule has 21 heavy (non-hydrogen) atoms. The number of aromatic amines is 1. The highest BCUT2D eigenvalue weighted by Gasteiger charge is 2.18. The molecule has 0 bridgehead atoms. The molecule has 0 amide bonds. The maximum atomic E-state index is 4.34. The fraction of sp³-hybridized carbons (Fsp3) is 0.167. The van der Waals surface area contributed by atoms with Gasteiger partial charge in [0.1, 0.15) is 5.82 Å². The maximum Gasteiger partial charge on any atom is 0.148 e. The lowest BCUT2D eigenvalue weighted by atomic mass is 9.88. The summed E-state index contributed by atoms with van der Waals surface area (Å²) in [5.74, 6) is 1.07. The molecule has 2 aromatic carbocycles. The molecule has 0 saturated heterocycles. The van der Waals surface area contributed by atoms with Gasteiger partial charge in [0.15, 0.2) is 0 Å². The monoisotopic (exact) mass is 277 g/mol. The molecular weight excluding hydrogens is 258 g/mol. The summed E-state index contributed by atoms with van der Waals surface area (Å²) in [7, 11) is 0. The van der Waals surface area contributed by atoms with E-state index >= 15 is 0 Å². The van der Waals surface area contributed by atoms with Gasteiger partial charge in [0.25, 0.3) is 0 Å². The lowest BCUT2D eigenvalue weighted by molar-refractivity contribution is 0.893. The third-order valence-electron chi connectivity index (χ3n) is 3.53. The van der Waals surface area contributed by atoms with E-state index in [2.05, 4.69) is 77.0 Å². The van der Waals surface area contributed by atoms with Crippen molar-refractivity contribution in [1.82, 2.24) is 10.2 Å². The molecule has 0 aliphatic rings. The predicted octanol–water partition coefficient (Wildman–Crippen LogP) is 4.02. The Kier molecular flexibility index (Phi) is 4.01. The number of H-pyrrole nitrogens is 1. The Balaban J connectivity index is 2.03. The Hall–Kier alpha value is -2.55. The topological polar surface area (TPSA) is 40.7 Å². The van der Waals surface area contributed by atoms with E-state index in [1.807, 2.05) is 12.1 Å². The van der Waals surface area contributed by atoms with Crippen LogP contribution in [0.25, 0.3) is 0 Å². The highest BCUT2D eigenvalue weighted by atomic mass is 15.2. The Labute approximate surface area is 125 Å². The third-order valence-corrected chi connectivity index (χ3v) is 3.53. The molecule has 106 valence electrons. The molecule has 0 unspecified atom stereocenters. The summed E-state index contributed by atoms with van der Waals surface area (Å²) in [6.07, 6.45) is 0. The van der Waals surface area contributed by atoms with Gasteiger partial charge in [-0.1, -0.05) is 60.7 Å². The zero-order chi connectivity index (χ0) is 14.5. The van der Waals surface area contributed by atoms with Gasteiger partial charge in [-0.25, -0.2) is 0 Å². The Morgan fingerprint density at radius 3 is 2.05 bits per heavy atom. The summed E-state index contributed by atoms with van der Waals surface area (Å²) in [5, 5.41) is 10.8. The van der Waals surface area contributed by atoms with E-state index in [1.54, 1.807) is 0 Å². The second kappa shape index (κ2) is 6.27. The van der Waals surface area contributed by atoms with Crippen molar-refractivity contribution in [2.24, 2.45) is 0 Å². The standard InChI is InChI=1S/C18H19N3/c1-2-19-17-13-16(20-21-17)18(14-9-5-3-6-10-14)15-11-7-4-8-12-15/h3-13,18H,2H2,1H3,(H2,19,20,21). The van der Waals surface area contributed by atoms with Gasteiger partial charge in [-0.3, -0.25) is 5.10 Å². The van der Waals surface area contributed by atoms with Crippen LogP contribution in [-0.4, -0.2) is 16.7 Å². The fourth-order valence-electron chi connectivity index (χ4n) is 2.60. The Morgan fingerprint density at radius 2 is 1.52 bits per heavy atom. The van der Waals surface area contributed by atoms with Gasteiger partial charge >= 0.3 is 0 Å². The van der Waals surface area contributed by atoms with Gasteiger partial charge < -0.3 is 5.32 Å². The first-order valence-corrected chi connectivity index (χ1v) is 7.27. The molecule has 1 heterocycles. The number of rotatable bonds is 5. The molecule has 3 aromatic rings. The molecule has 0 saturated carbocycles. The maximum absolute atomic E-state index is 4.34. The smallest absolute Gasteiger partial charge is 0.148 e. The highest BCUT2D eigenvalue weighted by Crippen LogP contribution is 2.31. The Bertz CT molecular complexity index is 634. The number of anilines is 1. The van der Waals surface area contributed by atoms with Crippen molar-refractivity contribution in [1.29, 1.82) is 0 Å². The molecule has 2 N–H and O–H groups in total. The van der Waals surface area contributed by atoms with Crippen LogP contribution < -0.4 is 5.32 Å². The predicted molar refractivity (Wildman–Crippen MR) is 86.6 cm³/mol. The average molecular weight is 277 g/mol. The molecular formula is C18H19N3. The van der Waals surface area contributed by atoms with E-state index in [1.165, 1.54) is 11.1 Å². The summed E-state index contributed by atoms with van der Waals surface area (Å²) >= 11 is 0. The molecule has 0 aliphatic carbocycles. The minimum Gasteiger partial charge on any atom is -0.369 e. The normalized spacial score (nSPS) is 10.8. The minimum atomic E-state index is 0.173. The second-order valence-corrected chi connectivity index (χ2v) is 4.99. The summed E-state index contributed by atoms with van der Waals surface area (Å²) in [6, 6.07) is 23.1. The number of benzene rings is 2. The zero-order valence-corrected chi connectivity index (χ0v) is 12.1. The van der Waals surface area contributed by atoms with Gasteiger partial charge in [0.05, 0.1) is 5.92 Å². The number of nitrogens with one attached hydrogen (secondary N) is 2. The first-order chi connectivity index (χ1) is 10.4. The number of aromatic nitrogens is 2. The molecule has 0 atom stereocenters. The summed E-state index contributed by atoms with van der Waals surface area (Å²) in [6.45, 7) is 2.94. The minimum absolute atomic E-state index is 0.173. The van der Waals surface area contributed by atoms with Crippen LogP contribution in [0.15, 0.2) is 66.7 Å². The molecule has 0 fully saturated rings. The third kappa shape index (κ3) is 2.97. The zero-order valence-electron chi connectivity index (χ0n) is 12.1. The van der Waals surface area contributed by atoms with Gasteiger partial charge in [-0.05, 0) is 18.1 Å². The lowest BCUT2D eigenvalue weighted by Crippen LogP contribution is -2.03. The molecule has 3 nitrogen and oxygen atoms in total. The Morgan fingerprint density at radius 1 is 0.952 bits per heavy atom. The van der Waals surface area contributed by atoms with Crippen LogP contribution in [0.2, 0.25) is 0 Å². The molecule has 1 aromatic heterocycles. The molecule has 0 aliphatic heterocycles. The highest BCUT2D eigenvalue weighted by molar-refractivity contribution is 5.45.